The summed E-state index contributed by atoms with van der Waals surface area (Å²) in [6.07, 6.45) is -1.12. The monoisotopic (exact) mass is 449 g/mol. The minimum atomic E-state index is -4.30. The smallest absolute Gasteiger partial charge is 0.369 e. The molecule has 0 saturated carbocycles. The van der Waals surface area contributed by atoms with E-state index in [1.807, 2.05) is 11.0 Å². The van der Waals surface area contributed by atoms with E-state index >= 15 is 0 Å². The van der Waals surface area contributed by atoms with Crippen LogP contribution in [0.5, 0.6) is 0 Å². The Morgan fingerprint density at radius 3 is 2.58 bits per heavy atom. The van der Waals surface area contributed by atoms with Crippen molar-refractivity contribution in [3.8, 4) is 0 Å². The number of anilines is 2. The molecule has 0 unspecified atom stereocenters. The average Bonchev–Trinajstić information content (AvgIpc) is 2.77. The molecule has 0 bridgehead atoms. The maximum Gasteiger partial charge on any atom is 0.416 e. The lowest BCUT2D eigenvalue weighted by atomic mass is 10.1. The number of fused-ring (bicyclic) bond motifs is 1. The van der Waals surface area contributed by atoms with Crippen LogP contribution in [-0.4, -0.2) is 49.3 Å². The number of rotatable bonds is 6. The van der Waals surface area contributed by atoms with E-state index in [9.17, 15) is 18.0 Å². The molecule has 1 saturated heterocycles. The molecule has 2 aromatic rings. The zero-order valence-electron chi connectivity index (χ0n) is 17.3. The van der Waals surface area contributed by atoms with Gasteiger partial charge in [0.25, 0.3) is 0 Å². The molecule has 4 rings (SSSR count). The standard InChI is InChI=1S/C23H26F3N3OS/c24-23(25,26)18-5-3-6-19(15-18)29-12-10-28(11-13-29)9-2-1-4-17-7-8-20-21(14-17)31-16-22(30)27-20/h3,5-8,14-15H,1-2,4,9-13,16H2,(H,27,30). The van der Waals surface area contributed by atoms with Gasteiger partial charge in [-0.15, -0.1) is 11.8 Å². The first kappa shape index (κ1) is 22.0. The summed E-state index contributed by atoms with van der Waals surface area (Å²) in [6.45, 7) is 4.23. The third kappa shape index (κ3) is 5.74. The van der Waals surface area contributed by atoms with Gasteiger partial charge in [-0.3, -0.25) is 9.69 Å². The molecule has 1 fully saturated rings. The van der Waals surface area contributed by atoms with Gasteiger partial charge >= 0.3 is 6.18 Å². The van der Waals surface area contributed by atoms with Gasteiger partial charge in [0.2, 0.25) is 5.91 Å². The molecule has 1 N–H and O–H groups in total. The van der Waals surface area contributed by atoms with E-state index in [1.54, 1.807) is 17.8 Å². The highest BCUT2D eigenvalue weighted by Gasteiger charge is 2.31. The first-order chi connectivity index (χ1) is 14.9. The van der Waals surface area contributed by atoms with Crippen molar-refractivity contribution in [1.29, 1.82) is 0 Å². The van der Waals surface area contributed by atoms with Gasteiger partial charge in [-0.2, -0.15) is 13.2 Å². The summed E-state index contributed by atoms with van der Waals surface area (Å²) in [6, 6.07) is 11.9. The predicted octanol–water partition coefficient (Wildman–Crippen LogP) is 4.89. The Balaban J connectivity index is 1.20. The van der Waals surface area contributed by atoms with E-state index in [2.05, 4.69) is 22.3 Å². The van der Waals surface area contributed by atoms with Gasteiger partial charge in [-0.05, 0) is 61.7 Å². The van der Waals surface area contributed by atoms with Gasteiger partial charge in [0.1, 0.15) is 0 Å². The number of aryl methyl sites for hydroxylation is 1. The number of unbranched alkanes of at least 4 members (excludes halogenated alkanes) is 1. The topological polar surface area (TPSA) is 35.6 Å². The summed E-state index contributed by atoms with van der Waals surface area (Å²) in [4.78, 5) is 17.0. The summed E-state index contributed by atoms with van der Waals surface area (Å²) in [5, 5.41) is 2.90. The number of carbonyl (C=O) groups excluding carboxylic acids is 1. The second-order valence-corrected chi connectivity index (χ2v) is 9.02. The third-order valence-electron chi connectivity index (χ3n) is 5.78. The van der Waals surface area contributed by atoms with E-state index in [4.69, 9.17) is 0 Å². The number of nitrogens with one attached hydrogen (secondary N) is 1. The van der Waals surface area contributed by atoms with Gasteiger partial charge in [-0.1, -0.05) is 12.1 Å². The highest BCUT2D eigenvalue weighted by molar-refractivity contribution is 8.00. The van der Waals surface area contributed by atoms with Crippen LogP contribution in [0.25, 0.3) is 0 Å². The Labute approximate surface area is 184 Å². The van der Waals surface area contributed by atoms with E-state index in [-0.39, 0.29) is 5.91 Å². The number of hydrogen-bond donors (Lipinski definition) is 1. The predicted molar refractivity (Wildman–Crippen MR) is 119 cm³/mol. The number of alkyl halides is 3. The minimum Gasteiger partial charge on any atom is -0.369 e. The van der Waals surface area contributed by atoms with Crippen molar-refractivity contribution in [2.45, 2.75) is 30.3 Å². The fourth-order valence-electron chi connectivity index (χ4n) is 4.05. The fourth-order valence-corrected chi connectivity index (χ4v) is 4.92. The Bertz CT molecular complexity index is 927. The molecule has 8 heteroatoms. The number of hydrogen-bond acceptors (Lipinski definition) is 4. The van der Waals surface area contributed by atoms with E-state index < -0.39 is 11.7 Å². The minimum absolute atomic E-state index is 0.0541. The van der Waals surface area contributed by atoms with E-state index in [1.165, 1.54) is 17.7 Å². The highest BCUT2D eigenvalue weighted by Crippen LogP contribution is 2.33. The van der Waals surface area contributed by atoms with Crippen LogP contribution >= 0.6 is 11.8 Å². The van der Waals surface area contributed by atoms with Crippen molar-refractivity contribution >= 4 is 29.0 Å². The number of piperazine rings is 1. The van der Waals surface area contributed by atoms with Crippen LogP contribution in [0.3, 0.4) is 0 Å². The van der Waals surface area contributed by atoms with Gasteiger partial charge in [0.05, 0.1) is 17.0 Å². The number of thioether (sulfide) groups is 1. The SMILES string of the molecule is O=C1CSc2cc(CCCCN3CCN(c4cccc(C(F)(F)F)c4)CC3)ccc2N1. The second kappa shape index (κ2) is 9.53. The number of carbonyl (C=O) groups is 1. The van der Waals surface area contributed by atoms with Crippen molar-refractivity contribution in [2.24, 2.45) is 0 Å². The molecule has 0 atom stereocenters. The van der Waals surface area contributed by atoms with Crippen LogP contribution in [-0.2, 0) is 17.4 Å². The Kier molecular flexibility index (Phi) is 6.77. The van der Waals surface area contributed by atoms with Gasteiger partial charge < -0.3 is 10.2 Å². The number of amides is 1. The first-order valence-corrected chi connectivity index (χ1v) is 11.6. The molecular weight excluding hydrogens is 423 g/mol. The second-order valence-electron chi connectivity index (χ2n) is 8.00. The van der Waals surface area contributed by atoms with E-state index in [0.717, 1.165) is 68.6 Å². The average molecular weight is 450 g/mol. The van der Waals surface area contributed by atoms with Crippen LogP contribution in [0.15, 0.2) is 47.4 Å². The highest BCUT2D eigenvalue weighted by atomic mass is 32.2. The molecule has 1 amide bonds. The van der Waals surface area contributed by atoms with Crippen molar-refractivity contribution in [1.82, 2.24) is 4.90 Å². The molecule has 166 valence electrons. The normalized spacial score (nSPS) is 17.4. The summed E-state index contributed by atoms with van der Waals surface area (Å²) >= 11 is 1.59. The molecule has 2 aliphatic rings. The number of benzene rings is 2. The Hall–Kier alpha value is -2.19. The molecule has 0 spiro atoms. The third-order valence-corrected chi connectivity index (χ3v) is 6.83. The molecule has 4 nitrogen and oxygen atoms in total. The van der Waals surface area contributed by atoms with Crippen molar-refractivity contribution < 1.29 is 18.0 Å². The molecule has 0 aromatic heterocycles. The van der Waals surface area contributed by atoms with Gasteiger partial charge in [-0.25, -0.2) is 0 Å². The van der Waals surface area contributed by atoms with Gasteiger partial charge in [0, 0.05) is 36.8 Å². The van der Waals surface area contributed by atoms with Crippen molar-refractivity contribution in [2.75, 3.05) is 48.7 Å². The Morgan fingerprint density at radius 1 is 1.00 bits per heavy atom. The van der Waals surface area contributed by atoms with Crippen LogP contribution in [0.2, 0.25) is 0 Å². The first-order valence-electron chi connectivity index (χ1n) is 10.6. The molecular formula is C23H26F3N3OS. The maximum atomic E-state index is 12.9. The molecule has 2 aromatic carbocycles. The Morgan fingerprint density at radius 2 is 1.81 bits per heavy atom. The quantitative estimate of drug-likeness (QED) is 0.637. The van der Waals surface area contributed by atoms with Crippen LogP contribution < -0.4 is 10.2 Å². The zero-order valence-corrected chi connectivity index (χ0v) is 18.1. The van der Waals surface area contributed by atoms with Crippen LogP contribution in [0, 0.1) is 0 Å². The summed E-state index contributed by atoms with van der Waals surface area (Å²) in [5.41, 5.74) is 2.26. The lowest BCUT2D eigenvalue weighted by Gasteiger charge is -2.36. The van der Waals surface area contributed by atoms with Crippen molar-refractivity contribution in [3.05, 3.63) is 53.6 Å². The van der Waals surface area contributed by atoms with Gasteiger partial charge in [0.15, 0.2) is 0 Å². The molecule has 0 radical (unpaired) electrons. The lowest BCUT2D eigenvalue weighted by molar-refractivity contribution is -0.137. The fraction of sp³-hybridized carbons (Fsp3) is 0.435. The summed E-state index contributed by atoms with van der Waals surface area (Å²) in [7, 11) is 0. The van der Waals surface area contributed by atoms with E-state index in [0.29, 0.717) is 11.4 Å². The molecule has 31 heavy (non-hydrogen) atoms. The molecule has 0 aliphatic carbocycles. The summed E-state index contributed by atoms with van der Waals surface area (Å²) < 4.78 is 38.8. The summed E-state index contributed by atoms with van der Waals surface area (Å²) in [5.74, 6) is 0.529. The zero-order chi connectivity index (χ0) is 21.8. The van der Waals surface area contributed by atoms with Crippen molar-refractivity contribution in [3.63, 3.8) is 0 Å². The maximum absolute atomic E-state index is 12.9. The number of halogens is 3. The molecule has 2 heterocycles. The lowest BCUT2D eigenvalue weighted by Crippen LogP contribution is -2.46. The largest absolute Gasteiger partial charge is 0.416 e. The molecule has 2 aliphatic heterocycles. The number of nitrogens with zero attached hydrogens (tertiary/aromatic N) is 2. The van der Waals surface area contributed by atoms with Crippen LogP contribution in [0.1, 0.15) is 24.0 Å². The van der Waals surface area contributed by atoms with Crippen LogP contribution in [0.4, 0.5) is 24.5 Å².